The highest BCUT2D eigenvalue weighted by Gasteiger charge is 2.34. The minimum atomic E-state index is -0.343. The molecule has 6 nitrogen and oxygen atoms in total. The van der Waals surface area contributed by atoms with Crippen molar-refractivity contribution >= 4 is 17.1 Å². The molecule has 2 atom stereocenters. The first-order valence-corrected chi connectivity index (χ1v) is 7.76. The van der Waals surface area contributed by atoms with Crippen LogP contribution in [0.1, 0.15) is 31.1 Å². The topological polar surface area (TPSA) is 56.6 Å². The molecular formula is C16H18FN3O3. The Kier molecular flexibility index (Phi) is 3.18. The van der Waals surface area contributed by atoms with Crippen LogP contribution in [0.4, 0.5) is 9.18 Å². The minimum absolute atomic E-state index is 0.0781. The predicted octanol–water partition coefficient (Wildman–Crippen LogP) is 2.68. The summed E-state index contributed by atoms with van der Waals surface area (Å²) in [6.07, 6.45) is 0.466. The van der Waals surface area contributed by atoms with Crippen LogP contribution in [0, 0.1) is 5.82 Å². The Labute approximate surface area is 132 Å². The molecule has 0 saturated carbocycles. The van der Waals surface area contributed by atoms with E-state index in [0.29, 0.717) is 31.0 Å². The van der Waals surface area contributed by atoms with Crippen molar-refractivity contribution < 1.29 is 18.7 Å². The van der Waals surface area contributed by atoms with Gasteiger partial charge in [-0.2, -0.15) is 0 Å². The molecule has 0 bridgehead atoms. The van der Waals surface area contributed by atoms with Crippen LogP contribution in [0.2, 0.25) is 0 Å². The first kappa shape index (κ1) is 14.3. The molecule has 1 aromatic heterocycles. The Balaban J connectivity index is 1.80. The molecule has 2 aliphatic heterocycles. The number of benzene rings is 1. The van der Waals surface area contributed by atoms with E-state index in [1.807, 2.05) is 6.92 Å². The van der Waals surface area contributed by atoms with Crippen LogP contribution in [0.5, 0.6) is 5.75 Å². The van der Waals surface area contributed by atoms with Crippen LogP contribution < -0.4 is 4.74 Å². The molecule has 0 spiro atoms. The zero-order valence-electron chi connectivity index (χ0n) is 13.1. The zero-order chi connectivity index (χ0) is 16.1. The summed E-state index contributed by atoms with van der Waals surface area (Å²) < 4.78 is 26.7. The molecule has 0 N–H and O–H groups in total. The number of carbonyl (C=O) groups is 1. The van der Waals surface area contributed by atoms with Crippen molar-refractivity contribution in [3.8, 4) is 5.75 Å². The number of halogens is 1. The molecule has 23 heavy (non-hydrogen) atoms. The number of imidazole rings is 1. The van der Waals surface area contributed by atoms with E-state index in [-0.39, 0.29) is 23.9 Å². The van der Waals surface area contributed by atoms with E-state index in [1.54, 1.807) is 11.0 Å². The number of ether oxygens (including phenoxy) is 2. The van der Waals surface area contributed by atoms with Gasteiger partial charge in [0.15, 0.2) is 5.82 Å². The van der Waals surface area contributed by atoms with Gasteiger partial charge in [0.25, 0.3) is 0 Å². The second-order valence-corrected chi connectivity index (χ2v) is 6.14. The molecule has 0 aliphatic carbocycles. The molecule has 2 aromatic rings. The van der Waals surface area contributed by atoms with Gasteiger partial charge in [0, 0.05) is 19.0 Å². The Bertz CT molecular complexity index is 788. The SMILES string of the molecule is COC(=O)N1CC[C@@H](c2nc3c(F)ccc4c3n2[C@H](C)CO4)C1. The van der Waals surface area contributed by atoms with Gasteiger partial charge in [-0.25, -0.2) is 14.2 Å². The van der Waals surface area contributed by atoms with E-state index in [0.717, 1.165) is 17.8 Å². The maximum absolute atomic E-state index is 14.2. The first-order valence-electron chi connectivity index (χ1n) is 7.76. The predicted molar refractivity (Wildman–Crippen MR) is 81.2 cm³/mol. The number of amides is 1. The van der Waals surface area contributed by atoms with Crippen molar-refractivity contribution in [2.45, 2.75) is 25.3 Å². The number of hydrogen-bond acceptors (Lipinski definition) is 4. The largest absolute Gasteiger partial charge is 0.489 e. The van der Waals surface area contributed by atoms with E-state index in [2.05, 4.69) is 9.55 Å². The lowest BCUT2D eigenvalue weighted by Crippen LogP contribution is -2.29. The summed E-state index contributed by atoms with van der Waals surface area (Å²) in [4.78, 5) is 17.9. The smallest absolute Gasteiger partial charge is 0.409 e. The molecule has 3 heterocycles. The lowest BCUT2D eigenvalue weighted by molar-refractivity contribution is 0.132. The third kappa shape index (κ3) is 2.06. The van der Waals surface area contributed by atoms with Crippen molar-refractivity contribution in [1.82, 2.24) is 14.5 Å². The molecule has 0 radical (unpaired) electrons. The maximum atomic E-state index is 14.2. The van der Waals surface area contributed by atoms with E-state index in [4.69, 9.17) is 9.47 Å². The Morgan fingerprint density at radius 2 is 2.30 bits per heavy atom. The summed E-state index contributed by atoms with van der Waals surface area (Å²) >= 11 is 0. The second kappa shape index (κ2) is 5.11. The number of hydrogen-bond donors (Lipinski definition) is 0. The number of rotatable bonds is 1. The lowest BCUT2D eigenvalue weighted by Gasteiger charge is -2.25. The molecule has 4 rings (SSSR count). The van der Waals surface area contributed by atoms with E-state index in [9.17, 15) is 9.18 Å². The molecule has 0 unspecified atom stereocenters. The summed E-state index contributed by atoms with van der Waals surface area (Å²) in [6.45, 7) is 3.73. The van der Waals surface area contributed by atoms with E-state index < -0.39 is 0 Å². The molecule has 7 heteroatoms. The van der Waals surface area contributed by atoms with Crippen LogP contribution in [0.3, 0.4) is 0 Å². The van der Waals surface area contributed by atoms with Gasteiger partial charge >= 0.3 is 6.09 Å². The van der Waals surface area contributed by atoms with Gasteiger partial charge in [-0.15, -0.1) is 0 Å². The van der Waals surface area contributed by atoms with Crippen LogP contribution in [0.15, 0.2) is 12.1 Å². The van der Waals surface area contributed by atoms with Crippen LogP contribution in [-0.4, -0.2) is 47.4 Å². The first-order chi connectivity index (χ1) is 11.1. The highest BCUT2D eigenvalue weighted by Crippen LogP contribution is 2.39. The van der Waals surface area contributed by atoms with Crippen molar-refractivity contribution in [3.63, 3.8) is 0 Å². The molecule has 122 valence electrons. The van der Waals surface area contributed by atoms with Crippen molar-refractivity contribution in [3.05, 3.63) is 23.8 Å². The summed E-state index contributed by atoms with van der Waals surface area (Å²) in [6, 6.07) is 3.13. The maximum Gasteiger partial charge on any atom is 0.409 e. The Morgan fingerprint density at radius 3 is 3.09 bits per heavy atom. The molecule has 1 fully saturated rings. The van der Waals surface area contributed by atoms with E-state index in [1.165, 1.54) is 13.2 Å². The van der Waals surface area contributed by atoms with Gasteiger partial charge < -0.3 is 18.9 Å². The van der Waals surface area contributed by atoms with Crippen molar-refractivity contribution in [1.29, 1.82) is 0 Å². The lowest BCUT2D eigenvalue weighted by atomic mass is 10.1. The van der Waals surface area contributed by atoms with Gasteiger partial charge in [0.1, 0.15) is 29.2 Å². The van der Waals surface area contributed by atoms with Gasteiger partial charge in [-0.05, 0) is 25.5 Å². The zero-order valence-corrected chi connectivity index (χ0v) is 13.1. The molecule has 2 aliphatic rings. The van der Waals surface area contributed by atoms with Crippen molar-refractivity contribution in [2.24, 2.45) is 0 Å². The van der Waals surface area contributed by atoms with Gasteiger partial charge in [-0.3, -0.25) is 0 Å². The third-order valence-electron chi connectivity index (χ3n) is 4.69. The Hall–Kier alpha value is -2.31. The molecule has 1 saturated heterocycles. The fourth-order valence-corrected chi connectivity index (χ4v) is 3.56. The average molecular weight is 319 g/mol. The summed E-state index contributed by atoms with van der Waals surface area (Å²) in [7, 11) is 1.38. The van der Waals surface area contributed by atoms with Gasteiger partial charge in [0.05, 0.1) is 13.2 Å². The molecular weight excluding hydrogens is 301 g/mol. The van der Waals surface area contributed by atoms with Crippen LogP contribution in [-0.2, 0) is 4.74 Å². The van der Waals surface area contributed by atoms with Crippen molar-refractivity contribution in [2.75, 3.05) is 26.8 Å². The average Bonchev–Trinajstić information content (AvgIpc) is 3.18. The number of aromatic nitrogens is 2. The van der Waals surface area contributed by atoms with Crippen LogP contribution in [0.25, 0.3) is 11.0 Å². The molecule has 1 aromatic carbocycles. The highest BCUT2D eigenvalue weighted by molar-refractivity contribution is 5.84. The number of nitrogens with zero attached hydrogens (tertiary/aromatic N) is 3. The normalized spacial score (nSPS) is 23.2. The minimum Gasteiger partial charge on any atom is -0.489 e. The number of likely N-dealkylation sites (tertiary alicyclic amines) is 1. The van der Waals surface area contributed by atoms with Gasteiger partial charge in [0.2, 0.25) is 0 Å². The van der Waals surface area contributed by atoms with E-state index >= 15 is 0 Å². The molecule has 1 amide bonds. The summed E-state index contributed by atoms with van der Waals surface area (Å²) in [5.41, 5.74) is 1.07. The fourth-order valence-electron chi connectivity index (χ4n) is 3.56. The summed E-state index contributed by atoms with van der Waals surface area (Å²) in [5.74, 6) is 1.23. The number of methoxy groups -OCH3 is 1. The monoisotopic (exact) mass is 319 g/mol. The summed E-state index contributed by atoms with van der Waals surface area (Å²) in [5, 5.41) is 0. The highest BCUT2D eigenvalue weighted by atomic mass is 19.1. The fraction of sp³-hybridized carbons (Fsp3) is 0.500. The second-order valence-electron chi connectivity index (χ2n) is 6.14. The van der Waals surface area contributed by atoms with Gasteiger partial charge in [-0.1, -0.05) is 0 Å². The quantitative estimate of drug-likeness (QED) is 0.811. The Morgan fingerprint density at radius 1 is 1.48 bits per heavy atom. The third-order valence-corrected chi connectivity index (χ3v) is 4.69. The van der Waals surface area contributed by atoms with Crippen LogP contribution >= 0.6 is 0 Å². The standard InChI is InChI=1S/C16H18FN3O3/c1-9-8-23-12-4-3-11(17)13-14(12)20(9)15(18-13)10-5-6-19(7-10)16(21)22-2/h3-4,9-10H,5-8H2,1-2H3/t9-,10-/m1/s1. The number of carbonyl (C=O) groups excluding carboxylic acids is 1.